The molecule has 0 bridgehead atoms. The van der Waals surface area contributed by atoms with Gasteiger partial charge in [-0.3, -0.25) is 9.69 Å². The van der Waals surface area contributed by atoms with Crippen LogP contribution in [0.2, 0.25) is 0 Å². The summed E-state index contributed by atoms with van der Waals surface area (Å²) in [4.78, 5) is 13.0. The molecule has 0 spiro atoms. The first-order valence-electron chi connectivity index (χ1n) is 5.30. The van der Waals surface area contributed by atoms with Gasteiger partial charge in [0.15, 0.2) is 0 Å². The van der Waals surface area contributed by atoms with E-state index in [1.165, 1.54) is 0 Å². The maximum absolute atomic E-state index is 11.2. The number of carbonyl (C=O) groups excluding carboxylic acids is 1. The molecule has 1 unspecified atom stereocenters. The van der Waals surface area contributed by atoms with Gasteiger partial charge in [-0.1, -0.05) is 13.0 Å². The van der Waals surface area contributed by atoms with E-state index in [2.05, 4.69) is 6.58 Å². The zero-order chi connectivity index (χ0) is 11.7. The second-order valence-electron chi connectivity index (χ2n) is 3.35. The molecule has 88 valence electrons. The van der Waals surface area contributed by atoms with Gasteiger partial charge in [-0.2, -0.15) is 0 Å². The zero-order valence-corrected chi connectivity index (χ0v) is 9.61. The number of nitrogens with zero attached hydrogens (tertiary/aromatic N) is 1. The molecular weight excluding hydrogens is 194 g/mol. The molecule has 0 aliphatic carbocycles. The summed E-state index contributed by atoms with van der Waals surface area (Å²) in [7, 11) is 0. The predicted octanol–water partition coefficient (Wildman–Crippen LogP) is 0.808. The monoisotopic (exact) mass is 215 g/mol. The van der Waals surface area contributed by atoms with Crippen molar-refractivity contribution in [2.45, 2.75) is 26.4 Å². The molecule has 0 aromatic rings. The number of aliphatic hydroxyl groups is 1. The van der Waals surface area contributed by atoms with E-state index in [0.717, 1.165) is 0 Å². The molecule has 0 saturated heterocycles. The number of hydrogen-bond donors (Lipinski definition) is 1. The molecule has 1 atom stereocenters. The zero-order valence-electron chi connectivity index (χ0n) is 9.61. The fraction of sp³-hybridized carbons (Fsp3) is 0.727. The van der Waals surface area contributed by atoms with Gasteiger partial charge in [0.05, 0.1) is 19.3 Å². The molecule has 0 rings (SSSR count). The molecule has 0 amide bonds. The molecule has 0 heterocycles. The van der Waals surface area contributed by atoms with Gasteiger partial charge >= 0.3 is 5.97 Å². The quantitative estimate of drug-likeness (QED) is 0.481. The van der Waals surface area contributed by atoms with Gasteiger partial charge in [0.1, 0.15) is 0 Å². The van der Waals surface area contributed by atoms with Crippen molar-refractivity contribution in [3.63, 3.8) is 0 Å². The van der Waals surface area contributed by atoms with Crippen molar-refractivity contribution in [1.29, 1.82) is 0 Å². The number of carbonyl (C=O) groups is 1. The first kappa shape index (κ1) is 14.1. The molecule has 0 fully saturated rings. The number of rotatable bonds is 8. The predicted molar refractivity (Wildman–Crippen MR) is 59.6 cm³/mol. The highest BCUT2D eigenvalue weighted by atomic mass is 16.5. The highest BCUT2D eigenvalue weighted by Gasteiger charge is 2.13. The average molecular weight is 215 g/mol. The van der Waals surface area contributed by atoms with Crippen LogP contribution in [0.3, 0.4) is 0 Å². The third-order valence-electron chi connectivity index (χ3n) is 1.99. The van der Waals surface area contributed by atoms with Gasteiger partial charge in [0.25, 0.3) is 0 Å². The normalized spacial score (nSPS) is 12.5. The van der Waals surface area contributed by atoms with Crippen LogP contribution in [0.5, 0.6) is 0 Å². The van der Waals surface area contributed by atoms with E-state index in [0.29, 0.717) is 26.1 Å². The number of esters is 1. The van der Waals surface area contributed by atoms with Crippen LogP contribution in [0.25, 0.3) is 0 Å². The van der Waals surface area contributed by atoms with Crippen LogP contribution >= 0.6 is 0 Å². The Kier molecular flexibility index (Phi) is 7.95. The Morgan fingerprint density at radius 1 is 1.60 bits per heavy atom. The van der Waals surface area contributed by atoms with E-state index in [-0.39, 0.29) is 12.5 Å². The molecule has 1 N–H and O–H groups in total. The van der Waals surface area contributed by atoms with Crippen molar-refractivity contribution < 1.29 is 14.6 Å². The van der Waals surface area contributed by atoms with Crippen LogP contribution in [0.15, 0.2) is 12.7 Å². The van der Waals surface area contributed by atoms with Crippen LogP contribution in [0, 0.1) is 0 Å². The molecular formula is C11H21NO3. The lowest BCUT2D eigenvalue weighted by molar-refractivity contribution is -0.144. The molecule has 15 heavy (non-hydrogen) atoms. The van der Waals surface area contributed by atoms with Gasteiger partial charge in [0, 0.05) is 13.1 Å². The van der Waals surface area contributed by atoms with Crippen molar-refractivity contribution in [1.82, 2.24) is 4.90 Å². The van der Waals surface area contributed by atoms with Gasteiger partial charge in [-0.15, -0.1) is 6.58 Å². The van der Waals surface area contributed by atoms with Crippen molar-refractivity contribution in [2.75, 3.05) is 26.2 Å². The van der Waals surface area contributed by atoms with Gasteiger partial charge in [-0.25, -0.2) is 0 Å². The molecule has 4 nitrogen and oxygen atoms in total. The summed E-state index contributed by atoms with van der Waals surface area (Å²) < 4.78 is 4.84. The Hall–Kier alpha value is -0.870. The summed E-state index contributed by atoms with van der Waals surface area (Å²) in [6.07, 6.45) is 1.98. The maximum Gasteiger partial charge on any atom is 0.320 e. The van der Waals surface area contributed by atoms with Gasteiger partial charge < -0.3 is 9.84 Å². The van der Waals surface area contributed by atoms with E-state index < -0.39 is 6.10 Å². The lowest BCUT2D eigenvalue weighted by Gasteiger charge is -2.21. The summed E-state index contributed by atoms with van der Waals surface area (Å²) in [5, 5.41) is 9.47. The van der Waals surface area contributed by atoms with E-state index in [1.807, 2.05) is 11.8 Å². The minimum atomic E-state index is -0.403. The third kappa shape index (κ3) is 7.11. The molecule has 0 aromatic carbocycles. The smallest absolute Gasteiger partial charge is 0.320 e. The molecule has 0 radical (unpaired) electrons. The minimum Gasteiger partial charge on any atom is -0.465 e. The van der Waals surface area contributed by atoms with Gasteiger partial charge in [-0.05, 0) is 13.3 Å². The lowest BCUT2D eigenvalue weighted by Crippen LogP contribution is -2.37. The van der Waals surface area contributed by atoms with Gasteiger partial charge in [0.2, 0.25) is 0 Å². The highest BCUT2D eigenvalue weighted by Crippen LogP contribution is 1.97. The SMILES string of the molecule is C=CCN(CC(=O)OCC)CC(O)CC. The lowest BCUT2D eigenvalue weighted by atomic mass is 10.2. The van der Waals surface area contributed by atoms with Crippen LogP contribution in [0.1, 0.15) is 20.3 Å². The van der Waals surface area contributed by atoms with Crippen molar-refractivity contribution >= 4 is 5.97 Å². The fourth-order valence-corrected chi connectivity index (χ4v) is 1.20. The first-order valence-corrected chi connectivity index (χ1v) is 5.30. The number of aliphatic hydroxyl groups excluding tert-OH is 1. The second kappa shape index (κ2) is 8.44. The van der Waals surface area contributed by atoms with Crippen LogP contribution in [-0.2, 0) is 9.53 Å². The summed E-state index contributed by atoms with van der Waals surface area (Å²) in [6, 6.07) is 0. The van der Waals surface area contributed by atoms with Crippen molar-refractivity contribution in [3.8, 4) is 0 Å². The van der Waals surface area contributed by atoms with Crippen LogP contribution in [0.4, 0.5) is 0 Å². The minimum absolute atomic E-state index is 0.205. The average Bonchev–Trinajstić information content (AvgIpc) is 2.18. The molecule has 0 aromatic heterocycles. The first-order chi connectivity index (χ1) is 7.13. The Morgan fingerprint density at radius 3 is 2.73 bits per heavy atom. The van der Waals surface area contributed by atoms with E-state index in [9.17, 15) is 9.90 Å². The largest absolute Gasteiger partial charge is 0.465 e. The molecule has 0 saturated carbocycles. The second-order valence-corrected chi connectivity index (χ2v) is 3.35. The van der Waals surface area contributed by atoms with E-state index in [1.54, 1.807) is 13.0 Å². The maximum atomic E-state index is 11.2. The topological polar surface area (TPSA) is 49.8 Å². The van der Waals surface area contributed by atoms with Crippen LogP contribution < -0.4 is 0 Å². The fourth-order valence-electron chi connectivity index (χ4n) is 1.20. The van der Waals surface area contributed by atoms with E-state index >= 15 is 0 Å². The van der Waals surface area contributed by atoms with E-state index in [4.69, 9.17) is 4.74 Å². The molecule has 0 aliphatic rings. The van der Waals surface area contributed by atoms with Crippen LogP contribution in [-0.4, -0.2) is 48.3 Å². The summed E-state index contributed by atoms with van der Waals surface area (Å²) >= 11 is 0. The summed E-state index contributed by atoms with van der Waals surface area (Å²) in [6.45, 7) is 8.93. The Labute approximate surface area is 91.5 Å². The molecule has 0 aliphatic heterocycles. The van der Waals surface area contributed by atoms with Crippen molar-refractivity contribution in [2.24, 2.45) is 0 Å². The standard InChI is InChI=1S/C11H21NO3/c1-4-7-12(8-10(13)5-2)9-11(14)15-6-3/h4,10,13H,1,5-9H2,2-3H3. The Bertz CT molecular complexity index is 194. The Morgan fingerprint density at radius 2 is 2.27 bits per heavy atom. The number of hydrogen-bond acceptors (Lipinski definition) is 4. The molecule has 4 heteroatoms. The summed E-state index contributed by atoms with van der Waals surface area (Å²) in [5.74, 6) is -0.261. The highest BCUT2D eigenvalue weighted by molar-refractivity contribution is 5.71. The Balaban J connectivity index is 4.02. The van der Waals surface area contributed by atoms with Crippen molar-refractivity contribution in [3.05, 3.63) is 12.7 Å². The summed E-state index contributed by atoms with van der Waals surface area (Å²) in [5.41, 5.74) is 0. The number of ether oxygens (including phenoxy) is 1. The third-order valence-corrected chi connectivity index (χ3v) is 1.99.